The summed E-state index contributed by atoms with van der Waals surface area (Å²) in [4.78, 5) is 11.7. The van der Waals surface area contributed by atoms with E-state index in [4.69, 9.17) is 34.8 Å². The van der Waals surface area contributed by atoms with Gasteiger partial charge in [0.2, 0.25) is 0 Å². The summed E-state index contributed by atoms with van der Waals surface area (Å²) in [6.07, 6.45) is 0. The molecule has 2 aromatic carbocycles. The van der Waals surface area contributed by atoms with Crippen molar-refractivity contribution < 1.29 is 9.18 Å². The zero-order chi connectivity index (χ0) is 16.1. The minimum atomic E-state index is -0.464. The minimum Gasteiger partial charge on any atom is -0.334 e. The molecule has 0 radical (unpaired) electrons. The summed E-state index contributed by atoms with van der Waals surface area (Å²) in [7, 11) is 0. The molecule has 2 N–H and O–H groups in total. The average molecular weight is 362 g/mol. The van der Waals surface area contributed by atoms with Gasteiger partial charge in [-0.1, -0.05) is 46.9 Å². The Balaban J connectivity index is 1.88. The van der Waals surface area contributed by atoms with E-state index in [1.807, 2.05) is 0 Å². The van der Waals surface area contributed by atoms with Crippen LogP contribution in [0, 0.1) is 5.82 Å². The predicted molar refractivity (Wildman–Crippen MR) is 86.9 cm³/mol. The van der Waals surface area contributed by atoms with Crippen molar-refractivity contribution >= 4 is 40.8 Å². The van der Waals surface area contributed by atoms with Gasteiger partial charge in [0.15, 0.2) is 0 Å². The van der Waals surface area contributed by atoms with Crippen molar-refractivity contribution in [1.82, 2.24) is 10.6 Å². The van der Waals surface area contributed by atoms with Crippen molar-refractivity contribution in [3.8, 4) is 0 Å². The number of carbonyl (C=O) groups excluding carboxylic acids is 1. The number of halogens is 4. The second-order valence-electron chi connectivity index (χ2n) is 4.47. The van der Waals surface area contributed by atoms with Gasteiger partial charge in [-0.25, -0.2) is 9.18 Å². The van der Waals surface area contributed by atoms with E-state index in [2.05, 4.69) is 10.6 Å². The van der Waals surface area contributed by atoms with E-state index in [1.165, 1.54) is 12.1 Å². The Morgan fingerprint density at radius 1 is 1.00 bits per heavy atom. The van der Waals surface area contributed by atoms with E-state index in [9.17, 15) is 9.18 Å². The highest BCUT2D eigenvalue weighted by atomic mass is 35.5. The summed E-state index contributed by atoms with van der Waals surface area (Å²) >= 11 is 17.7. The first-order chi connectivity index (χ1) is 10.5. The average Bonchev–Trinajstić information content (AvgIpc) is 2.46. The van der Waals surface area contributed by atoms with Gasteiger partial charge in [0.25, 0.3) is 0 Å². The Kier molecular flexibility index (Phi) is 5.89. The largest absolute Gasteiger partial charge is 0.334 e. The molecule has 0 unspecified atom stereocenters. The van der Waals surface area contributed by atoms with Crippen LogP contribution in [-0.2, 0) is 13.1 Å². The highest BCUT2D eigenvalue weighted by Crippen LogP contribution is 2.21. The number of nitrogens with one attached hydrogen (secondary N) is 2. The Hall–Kier alpha value is -1.49. The van der Waals surface area contributed by atoms with Gasteiger partial charge in [0.05, 0.1) is 0 Å². The van der Waals surface area contributed by atoms with Crippen LogP contribution in [0.2, 0.25) is 15.1 Å². The maximum atomic E-state index is 13.6. The summed E-state index contributed by atoms with van der Waals surface area (Å²) in [6, 6.07) is 8.90. The third-order valence-electron chi connectivity index (χ3n) is 2.94. The van der Waals surface area contributed by atoms with E-state index >= 15 is 0 Å². The molecule has 3 nitrogen and oxygen atoms in total. The van der Waals surface area contributed by atoms with Crippen LogP contribution in [0.1, 0.15) is 11.1 Å². The SMILES string of the molecule is O=C(NCc1ccc(Cl)cc1Cl)NCc1c(F)cccc1Cl. The van der Waals surface area contributed by atoms with Crippen molar-refractivity contribution in [2.24, 2.45) is 0 Å². The van der Waals surface area contributed by atoms with E-state index < -0.39 is 11.8 Å². The first-order valence-corrected chi connectivity index (χ1v) is 7.49. The molecule has 0 saturated carbocycles. The lowest BCUT2D eigenvalue weighted by Crippen LogP contribution is -2.34. The van der Waals surface area contributed by atoms with Crippen molar-refractivity contribution in [2.75, 3.05) is 0 Å². The van der Waals surface area contributed by atoms with Crippen LogP contribution < -0.4 is 10.6 Å². The van der Waals surface area contributed by atoms with E-state index in [-0.39, 0.29) is 23.7 Å². The quantitative estimate of drug-likeness (QED) is 0.808. The Bertz CT molecular complexity index is 674. The third-order valence-corrected chi connectivity index (χ3v) is 3.88. The summed E-state index contributed by atoms with van der Waals surface area (Å²) in [5, 5.41) is 6.41. The van der Waals surface area contributed by atoms with Crippen LogP contribution in [0.4, 0.5) is 9.18 Å². The second kappa shape index (κ2) is 7.68. The first kappa shape index (κ1) is 16.9. The number of carbonyl (C=O) groups is 1. The molecular weight excluding hydrogens is 350 g/mol. The Morgan fingerprint density at radius 3 is 2.41 bits per heavy atom. The molecule has 7 heteroatoms. The summed E-state index contributed by atoms with van der Waals surface area (Å²) in [5.74, 6) is -0.464. The number of benzene rings is 2. The van der Waals surface area contributed by atoms with Gasteiger partial charge in [-0.3, -0.25) is 0 Å². The molecule has 0 saturated heterocycles. The lowest BCUT2D eigenvalue weighted by Gasteiger charge is -2.10. The molecule has 2 amide bonds. The number of rotatable bonds is 4. The second-order valence-corrected chi connectivity index (χ2v) is 5.72. The summed E-state index contributed by atoms with van der Waals surface area (Å²) in [5.41, 5.74) is 0.967. The molecule has 116 valence electrons. The normalized spacial score (nSPS) is 10.4. The van der Waals surface area contributed by atoms with Gasteiger partial charge in [-0.2, -0.15) is 0 Å². The lowest BCUT2D eigenvalue weighted by molar-refractivity contribution is 0.240. The number of amides is 2. The molecule has 2 aromatic rings. The number of hydrogen-bond donors (Lipinski definition) is 2. The van der Waals surface area contributed by atoms with Gasteiger partial charge in [0, 0.05) is 33.7 Å². The highest BCUT2D eigenvalue weighted by molar-refractivity contribution is 6.35. The Morgan fingerprint density at radius 2 is 1.73 bits per heavy atom. The molecule has 22 heavy (non-hydrogen) atoms. The molecule has 0 aromatic heterocycles. The maximum Gasteiger partial charge on any atom is 0.315 e. The van der Waals surface area contributed by atoms with Crippen LogP contribution in [-0.4, -0.2) is 6.03 Å². The van der Waals surface area contributed by atoms with Crippen molar-refractivity contribution in [1.29, 1.82) is 0 Å². The molecule has 0 aliphatic carbocycles. The van der Waals surface area contributed by atoms with Crippen molar-refractivity contribution in [3.05, 3.63) is 68.4 Å². The topological polar surface area (TPSA) is 41.1 Å². The van der Waals surface area contributed by atoms with Gasteiger partial charge >= 0.3 is 6.03 Å². The van der Waals surface area contributed by atoms with E-state index in [0.717, 1.165) is 5.56 Å². The zero-order valence-electron chi connectivity index (χ0n) is 11.3. The van der Waals surface area contributed by atoms with Crippen LogP contribution in [0.3, 0.4) is 0 Å². The van der Waals surface area contributed by atoms with E-state index in [1.54, 1.807) is 24.3 Å². The highest BCUT2D eigenvalue weighted by Gasteiger charge is 2.09. The fourth-order valence-corrected chi connectivity index (χ4v) is 2.48. The zero-order valence-corrected chi connectivity index (χ0v) is 13.6. The van der Waals surface area contributed by atoms with Crippen molar-refractivity contribution in [3.63, 3.8) is 0 Å². The van der Waals surface area contributed by atoms with E-state index in [0.29, 0.717) is 10.0 Å². The van der Waals surface area contributed by atoms with Crippen LogP contribution in [0.25, 0.3) is 0 Å². The van der Waals surface area contributed by atoms with Gasteiger partial charge < -0.3 is 10.6 Å². The number of urea groups is 1. The maximum absolute atomic E-state index is 13.6. The standard InChI is InChI=1S/C15H12Cl3FN2O/c16-10-5-4-9(13(18)6-10)7-20-15(22)21-8-11-12(17)2-1-3-14(11)19/h1-6H,7-8H2,(H2,20,21,22). The van der Waals surface area contributed by atoms with Gasteiger partial charge in [0.1, 0.15) is 5.82 Å². The fraction of sp³-hybridized carbons (Fsp3) is 0.133. The first-order valence-electron chi connectivity index (χ1n) is 6.36. The number of hydrogen-bond acceptors (Lipinski definition) is 1. The molecule has 0 bridgehead atoms. The van der Waals surface area contributed by atoms with Crippen LogP contribution >= 0.6 is 34.8 Å². The van der Waals surface area contributed by atoms with Gasteiger partial charge in [-0.15, -0.1) is 0 Å². The third kappa shape index (κ3) is 4.50. The fourth-order valence-electron chi connectivity index (χ4n) is 1.77. The monoisotopic (exact) mass is 360 g/mol. The molecule has 0 atom stereocenters. The summed E-state index contributed by atoms with van der Waals surface area (Å²) < 4.78 is 13.6. The molecule has 0 heterocycles. The Labute approximate surface area is 142 Å². The molecule has 0 aliphatic heterocycles. The molecule has 0 aliphatic rings. The lowest BCUT2D eigenvalue weighted by atomic mass is 10.2. The summed E-state index contributed by atoms with van der Waals surface area (Å²) in [6.45, 7) is 0.221. The molecule has 0 fully saturated rings. The predicted octanol–water partition coefficient (Wildman–Crippen LogP) is 4.79. The molecule has 0 spiro atoms. The molecule has 2 rings (SSSR count). The van der Waals surface area contributed by atoms with Crippen LogP contribution in [0.5, 0.6) is 0 Å². The van der Waals surface area contributed by atoms with Crippen molar-refractivity contribution in [2.45, 2.75) is 13.1 Å². The van der Waals surface area contributed by atoms with Crippen LogP contribution in [0.15, 0.2) is 36.4 Å². The molecular formula is C15H12Cl3FN2O. The van der Waals surface area contributed by atoms with Gasteiger partial charge in [-0.05, 0) is 29.8 Å². The minimum absolute atomic E-state index is 0.00824. The smallest absolute Gasteiger partial charge is 0.315 e.